The van der Waals surface area contributed by atoms with Crippen LogP contribution in [-0.2, 0) is 4.79 Å². The molecule has 0 aliphatic heterocycles. The largest absolute Gasteiger partial charge is 0.351 e. The van der Waals surface area contributed by atoms with Crippen LogP contribution in [0.15, 0.2) is 0 Å². The van der Waals surface area contributed by atoms with E-state index in [1.807, 2.05) is 13.2 Å². The molecule has 1 aliphatic rings. The van der Waals surface area contributed by atoms with Crippen LogP contribution in [0.3, 0.4) is 0 Å². The van der Waals surface area contributed by atoms with Gasteiger partial charge in [0.05, 0.1) is 6.07 Å². The summed E-state index contributed by atoms with van der Waals surface area (Å²) < 4.78 is 0. The second-order valence-corrected chi connectivity index (χ2v) is 5.14. The Balaban J connectivity index is 2.55. The second-order valence-electron chi connectivity index (χ2n) is 4.23. The molecular weight excluding hydrogens is 208 g/mol. The summed E-state index contributed by atoms with van der Waals surface area (Å²) in [4.78, 5) is 11.9. The van der Waals surface area contributed by atoms with Crippen LogP contribution in [0.5, 0.6) is 0 Å². The van der Waals surface area contributed by atoms with E-state index in [0.717, 1.165) is 31.4 Å². The van der Waals surface area contributed by atoms with Crippen molar-refractivity contribution in [3.63, 3.8) is 0 Å². The predicted octanol–water partition coefficient (Wildman–Crippen LogP) is 1.94. The Morgan fingerprint density at radius 2 is 2.20 bits per heavy atom. The first-order chi connectivity index (χ1) is 7.14. The molecule has 3 nitrogen and oxygen atoms in total. The van der Waals surface area contributed by atoms with Gasteiger partial charge in [-0.25, -0.2) is 0 Å². The van der Waals surface area contributed by atoms with Gasteiger partial charge in [-0.3, -0.25) is 4.79 Å². The molecule has 0 heterocycles. The van der Waals surface area contributed by atoms with Crippen LogP contribution in [0.25, 0.3) is 0 Å². The topological polar surface area (TPSA) is 52.9 Å². The Bertz CT molecular complexity index is 266. The molecule has 1 atom stereocenters. The smallest absolute Gasteiger partial charge is 0.240 e. The van der Waals surface area contributed by atoms with Gasteiger partial charge < -0.3 is 5.32 Å². The maximum Gasteiger partial charge on any atom is 0.240 e. The van der Waals surface area contributed by atoms with Crippen molar-refractivity contribution < 1.29 is 4.79 Å². The van der Waals surface area contributed by atoms with Crippen LogP contribution in [0.4, 0.5) is 0 Å². The monoisotopic (exact) mass is 226 g/mol. The summed E-state index contributed by atoms with van der Waals surface area (Å²) in [6.45, 7) is 1.98. The number of nitrogens with zero attached hydrogens (tertiary/aromatic N) is 1. The third kappa shape index (κ3) is 2.88. The average molecular weight is 226 g/mol. The summed E-state index contributed by atoms with van der Waals surface area (Å²) in [5.74, 6) is 0.830. The van der Waals surface area contributed by atoms with Gasteiger partial charge >= 0.3 is 0 Å². The number of carbonyl (C=O) groups excluding carboxylic acids is 1. The van der Waals surface area contributed by atoms with E-state index >= 15 is 0 Å². The Morgan fingerprint density at radius 3 is 2.67 bits per heavy atom. The first-order valence-electron chi connectivity index (χ1n) is 5.36. The fraction of sp³-hybridized carbons (Fsp3) is 0.818. The van der Waals surface area contributed by atoms with E-state index in [1.165, 1.54) is 0 Å². The van der Waals surface area contributed by atoms with Crippen LogP contribution in [0.1, 0.15) is 32.6 Å². The highest BCUT2D eigenvalue weighted by Crippen LogP contribution is 2.37. The molecule has 15 heavy (non-hydrogen) atoms. The molecule has 0 aromatic carbocycles. The number of hydrogen-bond acceptors (Lipinski definition) is 3. The van der Waals surface area contributed by atoms with Crippen molar-refractivity contribution >= 4 is 17.7 Å². The molecule has 0 radical (unpaired) electrons. The fourth-order valence-electron chi connectivity index (χ4n) is 2.02. The van der Waals surface area contributed by atoms with E-state index < -0.39 is 5.41 Å². The number of hydrogen-bond donors (Lipinski definition) is 1. The second kappa shape index (κ2) is 5.41. The molecule has 0 saturated heterocycles. The lowest BCUT2D eigenvalue weighted by atomic mass is 9.87. The summed E-state index contributed by atoms with van der Waals surface area (Å²) in [5.41, 5.74) is -0.729. The van der Waals surface area contributed by atoms with Crippen LogP contribution < -0.4 is 5.32 Å². The highest BCUT2D eigenvalue weighted by atomic mass is 32.2. The summed E-state index contributed by atoms with van der Waals surface area (Å²) in [6, 6.07) is 2.36. The zero-order valence-electron chi connectivity index (χ0n) is 9.38. The normalized spacial score (nSPS) is 20.6. The van der Waals surface area contributed by atoms with E-state index in [1.54, 1.807) is 11.8 Å². The molecule has 1 saturated carbocycles. The Kier molecular flexibility index (Phi) is 4.46. The lowest BCUT2D eigenvalue weighted by molar-refractivity contribution is -0.128. The molecule has 1 aliphatic carbocycles. The maximum absolute atomic E-state index is 11.9. The molecule has 1 unspecified atom stereocenters. The minimum atomic E-state index is -0.729. The van der Waals surface area contributed by atoms with Gasteiger partial charge in [0.15, 0.2) is 0 Å². The van der Waals surface area contributed by atoms with Crippen LogP contribution >= 0.6 is 11.8 Å². The van der Waals surface area contributed by atoms with Crippen LogP contribution in [-0.4, -0.2) is 24.0 Å². The lowest BCUT2D eigenvalue weighted by Crippen LogP contribution is -2.43. The highest BCUT2D eigenvalue weighted by molar-refractivity contribution is 7.98. The van der Waals surface area contributed by atoms with Crippen molar-refractivity contribution in [2.75, 3.05) is 12.0 Å². The first kappa shape index (κ1) is 12.4. The van der Waals surface area contributed by atoms with Gasteiger partial charge in [-0.1, -0.05) is 12.8 Å². The molecule has 0 aromatic rings. The average Bonchev–Trinajstić information content (AvgIpc) is 2.67. The van der Waals surface area contributed by atoms with E-state index in [-0.39, 0.29) is 11.9 Å². The maximum atomic E-state index is 11.9. The Labute approximate surface area is 95.6 Å². The Hall–Kier alpha value is -0.690. The van der Waals surface area contributed by atoms with Gasteiger partial charge in [0.2, 0.25) is 5.91 Å². The number of carbonyl (C=O) groups is 1. The van der Waals surface area contributed by atoms with Crippen molar-refractivity contribution in [2.24, 2.45) is 5.41 Å². The SMILES string of the molecule is CSCC(C)NC(=O)C1(C#N)CCCC1. The van der Waals surface area contributed by atoms with Crippen LogP contribution in [0, 0.1) is 16.7 Å². The summed E-state index contributed by atoms with van der Waals surface area (Å²) >= 11 is 1.70. The summed E-state index contributed by atoms with van der Waals surface area (Å²) in [7, 11) is 0. The first-order valence-corrected chi connectivity index (χ1v) is 6.75. The van der Waals surface area contributed by atoms with Gasteiger partial charge in [0.25, 0.3) is 0 Å². The van der Waals surface area contributed by atoms with Crippen LogP contribution in [0.2, 0.25) is 0 Å². The minimum Gasteiger partial charge on any atom is -0.351 e. The fourth-order valence-corrected chi connectivity index (χ4v) is 2.61. The number of nitriles is 1. The Morgan fingerprint density at radius 1 is 1.60 bits per heavy atom. The van der Waals surface area contributed by atoms with Gasteiger partial charge in [-0.2, -0.15) is 17.0 Å². The van der Waals surface area contributed by atoms with E-state index in [2.05, 4.69) is 11.4 Å². The van der Waals surface area contributed by atoms with E-state index in [0.29, 0.717) is 0 Å². The highest BCUT2D eigenvalue weighted by Gasteiger charge is 2.41. The molecule has 0 aromatic heterocycles. The number of nitrogens with one attached hydrogen (secondary N) is 1. The molecule has 1 N–H and O–H groups in total. The number of amides is 1. The van der Waals surface area contributed by atoms with Gasteiger partial charge in [-0.05, 0) is 26.0 Å². The van der Waals surface area contributed by atoms with Crippen molar-refractivity contribution in [2.45, 2.75) is 38.6 Å². The zero-order chi connectivity index (χ0) is 11.3. The van der Waals surface area contributed by atoms with Crippen molar-refractivity contribution in [3.8, 4) is 6.07 Å². The third-order valence-electron chi connectivity index (χ3n) is 2.90. The van der Waals surface area contributed by atoms with E-state index in [9.17, 15) is 4.79 Å². The molecule has 0 bridgehead atoms. The van der Waals surface area contributed by atoms with Crippen molar-refractivity contribution in [3.05, 3.63) is 0 Å². The molecule has 1 fully saturated rings. The predicted molar refractivity (Wildman–Crippen MR) is 62.5 cm³/mol. The molecule has 0 spiro atoms. The van der Waals surface area contributed by atoms with Crippen molar-refractivity contribution in [1.82, 2.24) is 5.32 Å². The molecule has 1 amide bonds. The minimum absolute atomic E-state index is 0.0657. The molecular formula is C11H18N2OS. The van der Waals surface area contributed by atoms with Gasteiger partial charge in [-0.15, -0.1) is 0 Å². The standard InChI is InChI=1S/C11H18N2OS/c1-9(7-15-2)13-10(14)11(8-12)5-3-4-6-11/h9H,3-7H2,1-2H3,(H,13,14). The zero-order valence-corrected chi connectivity index (χ0v) is 10.2. The summed E-state index contributed by atoms with van der Waals surface area (Å²) in [6.07, 6.45) is 5.46. The number of rotatable bonds is 4. The number of thioether (sulfide) groups is 1. The van der Waals surface area contributed by atoms with Gasteiger partial charge in [0.1, 0.15) is 5.41 Å². The van der Waals surface area contributed by atoms with Gasteiger partial charge in [0, 0.05) is 11.8 Å². The molecule has 84 valence electrons. The quantitative estimate of drug-likeness (QED) is 0.797. The van der Waals surface area contributed by atoms with Crippen molar-refractivity contribution in [1.29, 1.82) is 5.26 Å². The van der Waals surface area contributed by atoms with E-state index in [4.69, 9.17) is 5.26 Å². The lowest BCUT2D eigenvalue weighted by Gasteiger charge is -2.22. The molecule has 1 rings (SSSR count). The molecule has 4 heteroatoms. The third-order valence-corrected chi connectivity index (χ3v) is 3.73. The summed E-state index contributed by atoms with van der Waals surface area (Å²) in [5, 5.41) is 12.0.